The third-order valence-electron chi connectivity index (χ3n) is 4.41. The van der Waals surface area contributed by atoms with Crippen LogP contribution in [0.1, 0.15) is 36.4 Å². The number of likely N-dealkylation sites (tertiary alicyclic amines) is 1. The van der Waals surface area contributed by atoms with Gasteiger partial charge in [0, 0.05) is 6.54 Å². The number of ether oxygens (including phenoxy) is 1. The topological polar surface area (TPSA) is 64.5 Å². The van der Waals surface area contributed by atoms with Gasteiger partial charge in [-0.05, 0) is 44.4 Å². The van der Waals surface area contributed by atoms with Crippen molar-refractivity contribution in [2.24, 2.45) is 5.92 Å². The van der Waals surface area contributed by atoms with Crippen molar-refractivity contribution in [2.75, 3.05) is 13.1 Å². The van der Waals surface area contributed by atoms with E-state index in [-0.39, 0.29) is 12.2 Å². The summed E-state index contributed by atoms with van der Waals surface area (Å²) in [6.45, 7) is 4.71. The number of rotatable bonds is 3. The molecule has 2 aliphatic heterocycles. The van der Waals surface area contributed by atoms with E-state index in [1.54, 1.807) is 6.26 Å². The van der Waals surface area contributed by atoms with E-state index in [9.17, 15) is 0 Å². The van der Waals surface area contributed by atoms with Gasteiger partial charge < -0.3 is 13.7 Å². The van der Waals surface area contributed by atoms with E-state index < -0.39 is 0 Å². The maximum atomic E-state index is 6.15. The number of aromatic nitrogens is 2. The summed E-state index contributed by atoms with van der Waals surface area (Å²) in [6, 6.07) is 3.95. The van der Waals surface area contributed by atoms with Crippen LogP contribution < -0.4 is 0 Å². The molecule has 0 spiro atoms. The summed E-state index contributed by atoms with van der Waals surface area (Å²) in [4.78, 5) is 6.69. The Kier molecular flexibility index (Phi) is 3.27. The van der Waals surface area contributed by atoms with Crippen molar-refractivity contribution >= 4 is 0 Å². The van der Waals surface area contributed by atoms with Gasteiger partial charge in [-0.25, -0.2) is 0 Å². The van der Waals surface area contributed by atoms with Gasteiger partial charge in [-0.3, -0.25) is 4.90 Å². The Balaban J connectivity index is 1.40. The highest BCUT2D eigenvalue weighted by Gasteiger charge is 2.41. The third kappa shape index (κ3) is 2.61. The number of furan rings is 1. The highest BCUT2D eigenvalue weighted by Crippen LogP contribution is 2.40. The van der Waals surface area contributed by atoms with Crippen molar-refractivity contribution in [3.63, 3.8) is 0 Å². The molecular weight excluding hydrogens is 270 g/mol. The van der Waals surface area contributed by atoms with E-state index in [1.165, 1.54) is 0 Å². The molecule has 2 aromatic heterocycles. The van der Waals surface area contributed by atoms with Crippen LogP contribution in [0.15, 0.2) is 27.3 Å². The maximum Gasteiger partial charge on any atom is 0.255 e. The molecule has 6 nitrogen and oxygen atoms in total. The molecule has 21 heavy (non-hydrogen) atoms. The standard InChI is InChI=1S/C15H19N3O3/c1-10-16-15(21-17-10)13-7-11-4-5-18(9-14(11)20-13)8-12-3-2-6-19-12/h2-3,6,11,13-14H,4-5,7-9H2,1H3/t11-,13+,14+/m1/s1. The van der Waals surface area contributed by atoms with Gasteiger partial charge in [-0.15, -0.1) is 0 Å². The smallest absolute Gasteiger partial charge is 0.255 e. The van der Waals surface area contributed by atoms with Gasteiger partial charge in [0.15, 0.2) is 5.82 Å². The first kappa shape index (κ1) is 13.0. The van der Waals surface area contributed by atoms with E-state index in [0.717, 1.165) is 38.2 Å². The zero-order valence-electron chi connectivity index (χ0n) is 12.1. The Morgan fingerprint density at radius 1 is 1.43 bits per heavy atom. The van der Waals surface area contributed by atoms with E-state index in [2.05, 4.69) is 15.0 Å². The van der Waals surface area contributed by atoms with Crippen LogP contribution in [-0.2, 0) is 11.3 Å². The number of aryl methyl sites for hydroxylation is 1. The minimum atomic E-state index is -0.0373. The Morgan fingerprint density at radius 3 is 3.14 bits per heavy atom. The lowest BCUT2D eigenvalue weighted by atomic mass is 9.92. The molecule has 0 amide bonds. The zero-order chi connectivity index (χ0) is 14.2. The van der Waals surface area contributed by atoms with Gasteiger partial charge in [0.2, 0.25) is 0 Å². The SMILES string of the molecule is Cc1noc([C@@H]2C[C@H]3CCN(Cc4ccco4)C[C@@H]3O2)n1. The van der Waals surface area contributed by atoms with E-state index in [0.29, 0.717) is 17.6 Å². The van der Waals surface area contributed by atoms with Crippen LogP contribution >= 0.6 is 0 Å². The van der Waals surface area contributed by atoms with Gasteiger partial charge in [0.1, 0.15) is 11.9 Å². The van der Waals surface area contributed by atoms with Gasteiger partial charge in [0.05, 0.1) is 18.9 Å². The van der Waals surface area contributed by atoms with Crippen molar-refractivity contribution < 1.29 is 13.7 Å². The normalized spacial score (nSPS) is 29.7. The average Bonchev–Trinajstić information content (AvgIpc) is 3.18. The van der Waals surface area contributed by atoms with Crippen LogP contribution in [0, 0.1) is 12.8 Å². The van der Waals surface area contributed by atoms with E-state index >= 15 is 0 Å². The number of piperidine rings is 1. The lowest BCUT2D eigenvalue weighted by Gasteiger charge is -2.33. The minimum absolute atomic E-state index is 0.0373. The van der Waals surface area contributed by atoms with Crippen molar-refractivity contribution in [2.45, 2.75) is 38.5 Å². The molecule has 0 aromatic carbocycles. The Hall–Kier alpha value is -1.66. The lowest BCUT2D eigenvalue weighted by Crippen LogP contribution is -2.41. The summed E-state index contributed by atoms with van der Waals surface area (Å²) < 4.78 is 16.8. The largest absolute Gasteiger partial charge is 0.468 e. The summed E-state index contributed by atoms with van der Waals surface area (Å²) in [5.74, 6) is 2.90. The van der Waals surface area contributed by atoms with Gasteiger partial charge >= 0.3 is 0 Å². The van der Waals surface area contributed by atoms with Crippen molar-refractivity contribution in [3.8, 4) is 0 Å². The van der Waals surface area contributed by atoms with Crippen LogP contribution in [0.3, 0.4) is 0 Å². The van der Waals surface area contributed by atoms with E-state index in [1.807, 2.05) is 19.1 Å². The second kappa shape index (κ2) is 5.27. The molecule has 0 aliphatic carbocycles. The Bertz CT molecular complexity index is 595. The third-order valence-corrected chi connectivity index (χ3v) is 4.41. The fourth-order valence-electron chi connectivity index (χ4n) is 3.36. The van der Waals surface area contributed by atoms with Crippen LogP contribution in [0.5, 0.6) is 0 Å². The number of hydrogen-bond donors (Lipinski definition) is 0. The molecular formula is C15H19N3O3. The second-order valence-electron chi connectivity index (χ2n) is 5.94. The van der Waals surface area contributed by atoms with Crippen LogP contribution in [0.25, 0.3) is 0 Å². The highest BCUT2D eigenvalue weighted by atomic mass is 16.5. The summed E-state index contributed by atoms with van der Waals surface area (Å²) in [7, 11) is 0. The molecule has 4 rings (SSSR count). The molecule has 112 valence electrons. The first-order chi connectivity index (χ1) is 10.3. The predicted octanol–water partition coefficient (Wildman–Crippen LogP) is 2.32. The number of nitrogens with zero attached hydrogens (tertiary/aromatic N) is 3. The molecule has 6 heteroatoms. The molecule has 2 aliphatic rings. The molecule has 2 aromatic rings. The summed E-state index contributed by atoms with van der Waals surface area (Å²) >= 11 is 0. The molecule has 0 radical (unpaired) electrons. The van der Waals surface area contributed by atoms with E-state index in [4.69, 9.17) is 13.7 Å². The molecule has 2 saturated heterocycles. The zero-order valence-corrected chi connectivity index (χ0v) is 12.1. The van der Waals surface area contributed by atoms with Gasteiger partial charge in [0.25, 0.3) is 5.89 Å². The van der Waals surface area contributed by atoms with Crippen molar-refractivity contribution in [1.29, 1.82) is 0 Å². The lowest BCUT2D eigenvalue weighted by molar-refractivity contribution is -0.0201. The molecule has 4 heterocycles. The fourth-order valence-corrected chi connectivity index (χ4v) is 3.36. The number of hydrogen-bond acceptors (Lipinski definition) is 6. The monoisotopic (exact) mass is 289 g/mol. The quantitative estimate of drug-likeness (QED) is 0.864. The molecule has 2 fully saturated rings. The van der Waals surface area contributed by atoms with Crippen LogP contribution in [0.2, 0.25) is 0 Å². The Morgan fingerprint density at radius 2 is 2.38 bits per heavy atom. The Labute approximate surface area is 123 Å². The molecule has 0 saturated carbocycles. The van der Waals surface area contributed by atoms with Gasteiger partial charge in [-0.2, -0.15) is 4.98 Å². The highest BCUT2D eigenvalue weighted by molar-refractivity contribution is 5.00. The summed E-state index contributed by atoms with van der Waals surface area (Å²) in [5, 5.41) is 3.85. The number of fused-ring (bicyclic) bond motifs is 1. The molecule has 3 atom stereocenters. The van der Waals surface area contributed by atoms with Crippen LogP contribution in [0.4, 0.5) is 0 Å². The van der Waals surface area contributed by atoms with Crippen molar-refractivity contribution in [1.82, 2.24) is 15.0 Å². The summed E-state index contributed by atoms with van der Waals surface area (Å²) in [6.07, 6.45) is 4.08. The first-order valence-corrected chi connectivity index (χ1v) is 7.48. The average molecular weight is 289 g/mol. The maximum absolute atomic E-state index is 6.15. The van der Waals surface area contributed by atoms with Crippen LogP contribution in [-0.4, -0.2) is 34.2 Å². The first-order valence-electron chi connectivity index (χ1n) is 7.48. The second-order valence-corrected chi connectivity index (χ2v) is 5.94. The van der Waals surface area contributed by atoms with Gasteiger partial charge in [-0.1, -0.05) is 5.16 Å². The fraction of sp³-hybridized carbons (Fsp3) is 0.600. The molecule has 0 unspecified atom stereocenters. The summed E-state index contributed by atoms with van der Waals surface area (Å²) in [5.41, 5.74) is 0. The molecule has 0 bridgehead atoms. The minimum Gasteiger partial charge on any atom is -0.468 e. The predicted molar refractivity (Wildman–Crippen MR) is 73.4 cm³/mol. The molecule has 0 N–H and O–H groups in total. The van der Waals surface area contributed by atoms with Crippen molar-refractivity contribution in [3.05, 3.63) is 35.9 Å².